The van der Waals surface area contributed by atoms with E-state index in [1.54, 1.807) is 12.1 Å². The van der Waals surface area contributed by atoms with E-state index in [0.717, 1.165) is 48.1 Å². The van der Waals surface area contributed by atoms with Gasteiger partial charge in [-0.1, -0.05) is 17.7 Å². The van der Waals surface area contributed by atoms with Crippen molar-refractivity contribution in [1.82, 2.24) is 0 Å². The summed E-state index contributed by atoms with van der Waals surface area (Å²) in [6, 6.07) is 12.9. The molecule has 0 N–H and O–H groups in total. The lowest BCUT2D eigenvalue weighted by Gasteiger charge is -2.37. The molecule has 0 spiro atoms. The maximum Gasteiger partial charge on any atom is 0.269 e. The predicted octanol–water partition coefficient (Wildman–Crippen LogP) is 3.88. The van der Waals surface area contributed by atoms with Crippen LogP contribution in [0.2, 0.25) is 5.02 Å². The first-order chi connectivity index (χ1) is 11.0. The summed E-state index contributed by atoms with van der Waals surface area (Å²) >= 11 is 6.21. The van der Waals surface area contributed by atoms with E-state index in [1.807, 2.05) is 31.2 Å². The Hall–Kier alpha value is -2.27. The van der Waals surface area contributed by atoms with E-state index in [9.17, 15) is 10.1 Å². The van der Waals surface area contributed by atoms with Crippen LogP contribution >= 0.6 is 11.6 Å². The number of non-ortho nitro benzene ring substituents is 1. The average Bonchev–Trinajstić information content (AvgIpc) is 2.57. The summed E-state index contributed by atoms with van der Waals surface area (Å²) in [5, 5.41) is 11.5. The lowest BCUT2D eigenvalue weighted by Crippen LogP contribution is -2.46. The molecule has 1 saturated heterocycles. The second-order valence-corrected chi connectivity index (χ2v) is 6.09. The van der Waals surface area contributed by atoms with Gasteiger partial charge in [0.25, 0.3) is 5.69 Å². The van der Waals surface area contributed by atoms with Gasteiger partial charge in [0.15, 0.2) is 0 Å². The van der Waals surface area contributed by atoms with E-state index in [4.69, 9.17) is 11.6 Å². The number of aryl methyl sites for hydroxylation is 1. The predicted molar refractivity (Wildman–Crippen MR) is 93.7 cm³/mol. The molecule has 0 atom stereocenters. The molecule has 1 fully saturated rings. The van der Waals surface area contributed by atoms with Gasteiger partial charge in [-0.05, 0) is 36.8 Å². The maximum absolute atomic E-state index is 10.7. The van der Waals surface area contributed by atoms with Gasteiger partial charge in [0, 0.05) is 54.7 Å². The van der Waals surface area contributed by atoms with Crippen LogP contribution < -0.4 is 9.80 Å². The third-order valence-corrected chi connectivity index (χ3v) is 4.63. The molecule has 6 heteroatoms. The molecule has 0 radical (unpaired) electrons. The third kappa shape index (κ3) is 3.40. The molecule has 0 bridgehead atoms. The summed E-state index contributed by atoms with van der Waals surface area (Å²) in [6.07, 6.45) is 0. The first kappa shape index (κ1) is 15.6. The van der Waals surface area contributed by atoms with Crippen molar-refractivity contribution in [3.05, 3.63) is 63.2 Å². The van der Waals surface area contributed by atoms with Crippen molar-refractivity contribution in [2.45, 2.75) is 6.92 Å². The highest BCUT2D eigenvalue weighted by molar-refractivity contribution is 6.31. The fourth-order valence-electron chi connectivity index (χ4n) is 2.79. The molecule has 1 heterocycles. The van der Waals surface area contributed by atoms with Gasteiger partial charge >= 0.3 is 0 Å². The highest BCUT2D eigenvalue weighted by Gasteiger charge is 2.18. The van der Waals surface area contributed by atoms with Crippen LogP contribution in [0.3, 0.4) is 0 Å². The van der Waals surface area contributed by atoms with Crippen LogP contribution in [0.1, 0.15) is 5.56 Å². The number of nitro groups is 1. The molecule has 0 unspecified atom stereocenters. The Kier molecular flexibility index (Phi) is 4.39. The number of rotatable bonds is 3. The number of hydrogen-bond acceptors (Lipinski definition) is 4. The number of halogens is 1. The first-order valence-corrected chi connectivity index (χ1v) is 7.93. The Labute approximate surface area is 140 Å². The highest BCUT2D eigenvalue weighted by atomic mass is 35.5. The number of hydrogen-bond donors (Lipinski definition) is 0. The molecule has 0 aromatic heterocycles. The van der Waals surface area contributed by atoms with Crippen molar-refractivity contribution in [3.8, 4) is 0 Å². The molecule has 3 rings (SSSR count). The minimum absolute atomic E-state index is 0.127. The van der Waals surface area contributed by atoms with E-state index in [0.29, 0.717) is 0 Å². The molecule has 120 valence electrons. The van der Waals surface area contributed by atoms with Gasteiger partial charge in [0.2, 0.25) is 0 Å². The lowest BCUT2D eigenvalue weighted by atomic mass is 10.2. The van der Waals surface area contributed by atoms with Gasteiger partial charge in [0.05, 0.1) is 4.92 Å². The topological polar surface area (TPSA) is 49.6 Å². The number of nitrogens with zero attached hydrogens (tertiary/aromatic N) is 3. The summed E-state index contributed by atoms with van der Waals surface area (Å²) < 4.78 is 0. The minimum Gasteiger partial charge on any atom is -0.368 e. The van der Waals surface area contributed by atoms with E-state index in [2.05, 4.69) is 15.9 Å². The van der Waals surface area contributed by atoms with Crippen LogP contribution in [-0.2, 0) is 0 Å². The normalized spacial score (nSPS) is 14.9. The van der Waals surface area contributed by atoms with Gasteiger partial charge < -0.3 is 9.80 Å². The fourth-order valence-corrected chi connectivity index (χ4v) is 2.96. The van der Waals surface area contributed by atoms with Crippen LogP contribution in [0.5, 0.6) is 0 Å². The Morgan fingerprint density at radius 3 is 2.00 bits per heavy atom. The Morgan fingerprint density at radius 2 is 1.48 bits per heavy atom. The zero-order chi connectivity index (χ0) is 16.4. The molecule has 5 nitrogen and oxygen atoms in total. The van der Waals surface area contributed by atoms with E-state index in [-0.39, 0.29) is 10.6 Å². The van der Waals surface area contributed by atoms with Crippen molar-refractivity contribution in [3.63, 3.8) is 0 Å². The van der Waals surface area contributed by atoms with E-state index in [1.165, 1.54) is 0 Å². The van der Waals surface area contributed by atoms with Crippen LogP contribution in [0, 0.1) is 17.0 Å². The second kappa shape index (κ2) is 6.46. The molecule has 0 saturated carbocycles. The summed E-state index contributed by atoms with van der Waals surface area (Å²) in [5.41, 5.74) is 3.38. The van der Waals surface area contributed by atoms with Crippen LogP contribution in [-0.4, -0.2) is 31.1 Å². The zero-order valence-corrected chi connectivity index (χ0v) is 13.7. The second-order valence-electron chi connectivity index (χ2n) is 5.68. The molecule has 1 aliphatic heterocycles. The molecule has 23 heavy (non-hydrogen) atoms. The molecule has 1 aliphatic rings. The van der Waals surface area contributed by atoms with Gasteiger partial charge in [-0.25, -0.2) is 0 Å². The fraction of sp³-hybridized carbons (Fsp3) is 0.294. The number of benzene rings is 2. The van der Waals surface area contributed by atoms with Crippen molar-refractivity contribution in [2.24, 2.45) is 0 Å². The van der Waals surface area contributed by atoms with Gasteiger partial charge in [0.1, 0.15) is 0 Å². The van der Waals surface area contributed by atoms with Crippen molar-refractivity contribution in [1.29, 1.82) is 0 Å². The highest BCUT2D eigenvalue weighted by Crippen LogP contribution is 2.26. The number of anilines is 2. The summed E-state index contributed by atoms with van der Waals surface area (Å²) in [6.45, 7) is 5.55. The van der Waals surface area contributed by atoms with Gasteiger partial charge in [-0.3, -0.25) is 10.1 Å². The molecule has 2 aromatic carbocycles. The molecule has 2 aromatic rings. The standard InChI is InChI=1S/C17H18ClN3O2/c1-13-2-3-16(12-17(13)18)20-10-8-19(9-11-20)14-4-6-15(7-5-14)21(22)23/h2-7,12H,8-11H2,1H3. The number of nitro benzene ring substituents is 1. The van der Waals surface area contributed by atoms with E-state index < -0.39 is 0 Å². The average molecular weight is 332 g/mol. The van der Waals surface area contributed by atoms with Crippen LogP contribution in [0.4, 0.5) is 17.1 Å². The Morgan fingerprint density at radius 1 is 0.957 bits per heavy atom. The summed E-state index contributed by atoms with van der Waals surface area (Å²) in [5.74, 6) is 0. The number of piperazine rings is 1. The Balaban J connectivity index is 1.65. The Bertz CT molecular complexity index is 710. The van der Waals surface area contributed by atoms with Gasteiger partial charge in [-0.2, -0.15) is 0 Å². The summed E-state index contributed by atoms with van der Waals surface area (Å²) in [7, 11) is 0. The third-order valence-electron chi connectivity index (χ3n) is 4.23. The van der Waals surface area contributed by atoms with Crippen molar-refractivity contribution < 1.29 is 4.92 Å². The lowest BCUT2D eigenvalue weighted by molar-refractivity contribution is -0.384. The summed E-state index contributed by atoms with van der Waals surface area (Å²) in [4.78, 5) is 14.9. The smallest absolute Gasteiger partial charge is 0.269 e. The quantitative estimate of drug-likeness (QED) is 0.632. The largest absolute Gasteiger partial charge is 0.368 e. The maximum atomic E-state index is 10.7. The van der Waals surface area contributed by atoms with Crippen molar-refractivity contribution in [2.75, 3.05) is 36.0 Å². The molecule has 0 aliphatic carbocycles. The van der Waals surface area contributed by atoms with Crippen molar-refractivity contribution >= 4 is 28.7 Å². The van der Waals surface area contributed by atoms with Crippen LogP contribution in [0.25, 0.3) is 0 Å². The molecular weight excluding hydrogens is 314 g/mol. The van der Waals surface area contributed by atoms with E-state index >= 15 is 0 Å². The first-order valence-electron chi connectivity index (χ1n) is 7.55. The molecular formula is C17H18ClN3O2. The monoisotopic (exact) mass is 331 g/mol. The minimum atomic E-state index is -0.372. The van der Waals surface area contributed by atoms with Gasteiger partial charge in [-0.15, -0.1) is 0 Å². The SMILES string of the molecule is Cc1ccc(N2CCN(c3ccc([N+](=O)[O-])cc3)CC2)cc1Cl. The molecule has 0 amide bonds. The zero-order valence-electron chi connectivity index (χ0n) is 12.9. The van der Waals surface area contributed by atoms with Crippen LogP contribution in [0.15, 0.2) is 42.5 Å².